The number of nitrogens with one attached hydrogen (secondary N) is 1. The quantitative estimate of drug-likeness (QED) is 0.771. The van der Waals surface area contributed by atoms with E-state index in [1.165, 1.54) is 0 Å². The first-order valence-corrected chi connectivity index (χ1v) is 7.35. The number of hydrogen-bond donors (Lipinski definition) is 1. The van der Waals surface area contributed by atoms with Gasteiger partial charge in [-0.05, 0) is 24.5 Å². The Balaban J connectivity index is 2.63. The molecule has 0 unspecified atom stereocenters. The molecule has 0 radical (unpaired) electrons. The summed E-state index contributed by atoms with van der Waals surface area (Å²) in [6.45, 7) is 4.03. The van der Waals surface area contributed by atoms with Crippen LogP contribution in [0.5, 0.6) is 0 Å². The van der Waals surface area contributed by atoms with Crippen LogP contribution < -0.4 is 5.32 Å². The molecule has 6 heteroatoms. The predicted octanol–water partition coefficient (Wildman–Crippen LogP) is 4.72. The number of thioether (sulfide) groups is 1. The molecule has 2 nitrogen and oxygen atoms in total. The fourth-order valence-electron chi connectivity index (χ4n) is 1.49. The second-order valence-corrected chi connectivity index (χ2v) is 5.90. The van der Waals surface area contributed by atoms with Crippen molar-refractivity contribution < 1.29 is 18.0 Å². The summed E-state index contributed by atoms with van der Waals surface area (Å²) in [4.78, 5) is 12.2. The van der Waals surface area contributed by atoms with Crippen molar-refractivity contribution in [1.82, 2.24) is 0 Å². The maximum atomic E-state index is 12.2. The minimum atomic E-state index is -4.22. The van der Waals surface area contributed by atoms with E-state index in [4.69, 9.17) is 0 Å². The SMILES string of the molecule is CC(C)CCC(=O)Nc1ccccc1SCC(F)(F)F. The van der Waals surface area contributed by atoms with Gasteiger partial charge in [-0.25, -0.2) is 0 Å². The number of para-hydroxylation sites is 1. The van der Waals surface area contributed by atoms with Crippen LogP contribution in [0.4, 0.5) is 18.9 Å². The molecule has 0 aliphatic heterocycles. The second-order valence-electron chi connectivity index (χ2n) is 4.88. The number of halogens is 3. The average molecular weight is 305 g/mol. The van der Waals surface area contributed by atoms with Gasteiger partial charge in [0.2, 0.25) is 5.91 Å². The highest BCUT2D eigenvalue weighted by atomic mass is 32.2. The molecule has 0 saturated heterocycles. The summed E-state index contributed by atoms with van der Waals surface area (Å²) >= 11 is 0.681. The molecule has 1 N–H and O–H groups in total. The zero-order valence-corrected chi connectivity index (χ0v) is 12.3. The highest BCUT2D eigenvalue weighted by molar-refractivity contribution is 7.99. The molecular weight excluding hydrogens is 287 g/mol. The maximum Gasteiger partial charge on any atom is 0.398 e. The van der Waals surface area contributed by atoms with Crippen LogP contribution in [0.15, 0.2) is 29.2 Å². The fourth-order valence-corrected chi connectivity index (χ4v) is 2.26. The molecule has 1 aromatic rings. The Morgan fingerprint density at radius 3 is 2.55 bits per heavy atom. The first-order chi connectivity index (χ1) is 9.28. The maximum absolute atomic E-state index is 12.2. The van der Waals surface area contributed by atoms with E-state index < -0.39 is 11.9 Å². The minimum Gasteiger partial charge on any atom is -0.325 e. The lowest BCUT2D eigenvalue weighted by Gasteiger charge is -2.12. The van der Waals surface area contributed by atoms with Gasteiger partial charge in [0.25, 0.3) is 0 Å². The van der Waals surface area contributed by atoms with E-state index in [1.54, 1.807) is 24.3 Å². The lowest BCUT2D eigenvalue weighted by Crippen LogP contribution is -2.14. The van der Waals surface area contributed by atoms with Crippen molar-refractivity contribution in [1.29, 1.82) is 0 Å². The molecule has 0 atom stereocenters. The Bertz CT molecular complexity index is 446. The van der Waals surface area contributed by atoms with Gasteiger partial charge in [-0.3, -0.25) is 4.79 Å². The van der Waals surface area contributed by atoms with Crippen LogP contribution >= 0.6 is 11.8 Å². The van der Waals surface area contributed by atoms with Crippen LogP contribution in [-0.4, -0.2) is 17.8 Å². The van der Waals surface area contributed by atoms with E-state index in [0.717, 1.165) is 6.42 Å². The number of carbonyl (C=O) groups is 1. The van der Waals surface area contributed by atoms with E-state index in [2.05, 4.69) is 5.32 Å². The first-order valence-electron chi connectivity index (χ1n) is 6.36. The van der Waals surface area contributed by atoms with Crippen molar-refractivity contribution in [3.63, 3.8) is 0 Å². The Hall–Kier alpha value is -1.17. The van der Waals surface area contributed by atoms with Gasteiger partial charge in [-0.15, -0.1) is 11.8 Å². The van der Waals surface area contributed by atoms with Crippen molar-refractivity contribution in [2.45, 2.75) is 37.8 Å². The van der Waals surface area contributed by atoms with Gasteiger partial charge < -0.3 is 5.32 Å². The van der Waals surface area contributed by atoms with Crippen molar-refractivity contribution in [3.8, 4) is 0 Å². The molecule has 20 heavy (non-hydrogen) atoms. The Labute approximate surface area is 121 Å². The summed E-state index contributed by atoms with van der Waals surface area (Å²) < 4.78 is 36.7. The molecule has 112 valence electrons. The smallest absolute Gasteiger partial charge is 0.325 e. The normalized spacial score (nSPS) is 11.7. The Kier molecular flexibility index (Phi) is 6.39. The molecule has 0 aliphatic rings. The predicted molar refractivity (Wildman–Crippen MR) is 75.9 cm³/mol. The van der Waals surface area contributed by atoms with Gasteiger partial charge in [0.1, 0.15) is 0 Å². The molecule has 0 aliphatic carbocycles. The van der Waals surface area contributed by atoms with Crippen LogP contribution in [0, 0.1) is 5.92 Å². The van der Waals surface area contributed by atoms with Crippen molar-refractivity contribution in [2.75, 3.05) is 11.1 Å². The Morgan fingerprint density at radius 2 is 1.95 bits per heavy atom. The topological polar surface area (TPSA) is 29.1 Å². The molecule has 0 bridgehead atoms. The zero-order valence-electron chi connectivity index (χ0n) is 11.5. The summed E-state index contributed by atoms with van der Waals surface area (Å²) in [5.74, 6) is -0.722. The van der Waals surface area contributed by atoms with E-state index in [0.29, 0.717) is 34.7 Å². The summed E-state index contributed by atoms with van der Waals surface area (Å²) in [7, 11) is 0. The standard InChI is InChI=1S/C14H18F3NOS/c1-10(2)7-8-13(19)18-11-5-3-4-6-12(11)20-9-14(15,16)17/h3-6,10H,7-9H2,1-2H3,(H,18,19). The molecule has 1 amide bonds. The number of anilines is 1. The number of benzene rings is 1. The molecule has 1 aromatic carbocycles. The molecular formula is C14H18F3NOS. The third-order valence-corrected chi connectivity index (χ3v) is 3.64. The number of amides is 1. The van der Waals surface area contributed by atoms with Gasteiger partial charge in [-0.1, -0.05) is 26.0 Å². The zero-order chi connectivity index (χ0) is 15.2. The minimum absolute atomic E-state index is 0.168. The molecule has 0 saturated carbocycles. The molecule has 0 heterocycles. The summed E-state index contributed by atoms with van der Waals surface area (Å²) in [5, 5.41) is 2.68. The number of alkyl halides is 3. The summed E-state index contributed by atoms with van der Waals surface area (Å²) in [5.41, 5.74) is 0.440. The largest absolute Gasteiger partial charge is 0.398 e. The van der Waals surface area contributed by atoms with Crippen LogP contribution in [0.1, 0.15) is 26.7 Å². The van der Waals surface area contributed by atoms with Crippen molar-refractivity contribution in [3.05, 3.63) is 24.3 Å². The second kappa shape index (κ2) is 7.57. The highest BCUT2D eigenvalue weighted by Crippen LogP contribution is 2.32. The third-order valence-electron chi connectivity index (χ3n) is 2.50. The number of hydrogen-bond acceptors (Lipinski definition) is 2. The van der Waals surface area contributed by atoms with Gasteiger partial charge in [-0.2, -0.15) is 13.2 Å². The number of rotatable bonds is 6. The lowest BCUT2D eigenvalue weighted by molar-refractivity contribution is -0.116. The van der Waals surface area contributed by atoms with Gasteiger partial charge in [0.05, 0.1) is 11.4 Å². The van der Waals surface area contributed by atoms with Crippen molar-refractivity contribution in [2.24, 2.45) is 5.92 Å². The first kappa shape index (κ1) is 16.9. The molecule has 1 rings (SSSR count). The highest BCUT2D eigenvalue weighted by Gasteiger charge is 2.27. The van der Waals surface area contributed by atoms with E-state index >= 15 is 0 Å². The van der Waals surface area contributed by atoms with Crippen LogP contribution in [-0.2, 0) is 4.79 Å². The van der Waals surface area contributed by atoms with E-state index in [1.807, 2.05) is 13.8 Å². The van der Waals surface area contributed by atoms with E-state index in [9.17, 15) is 18.0 Å². The van der Waals surface area contributed by atoms with E-state index in [-0.39, 0.29) is 5.91 Å². The average Bonchev–Trinajstić information content (AvgIpc) is 2.34. The Morgan fingerprint density at radius 1 is 1.30 bits per heavy atom. The van der Waals surface area contributed by atoms with Gasteiger partial charge in [0.15, 0.2) is 0 Å². The summed E-state index contributed by atoms with van der Waals surface area (Å²) in [6.07, 6.45) is -3.10. The molecule has 0 aromatic heterocycles. The van der Waals surface area contributed by atoms with Crippen molar-refractivity contribution >= 4 is 23.4 Å². The van der Waals surface area contributed by atoms with Gasteiger partial charge in [0, 0.05) is 11.3 Å². The summed E-state index contributed by atoms with van der Waals surface area (Å²) in [6, 6.07) is 6.54. The van der Waals surface area contributed by atoms with Crippen LogP contribution in [0.2, 0.25) is 0 Å². The lowest BCUT2D eigenvalue weighted by atomic mass is 10.1. The third kappa shape index (κ3) is 6.84. The van der Waals surface area contributed by atoms with Crippen LogP contribution in [0.25, 0.3) is 0 Å². The van der Waals surface area contributed by atoms with Crippen LogP contribution in [0.3, 0.4) is 0 Å². The monoisotopic (exact) mass is 305 g/mol. The molecule has 0 fully saturated rings. The molecule has 0 spiro atoms. The van der Waals surface area contributed by atoms with Gasteiger partial charge >= 0.3 is 6.18 Å². The number of carbonyl (C=O) groups excluding carboxylic acids is 1. The fraction of sp³-hybridized carbons (Fsp3) is 0.500.